The minimum atomic E-state index is -0.607. The van der Waals surface area contributed by atoms with Gasteiger partial charge in [0.1, 0.15) is 11.4 Å². The minimum Gasteiger partial charge on any atom is -0.312 e. The summed E-state index contributed by atoms with van der Waals surface area (Å²) in [7, 11) is 0. The average Bonchev–Trinajstić information content (AvgIpc) is 3.84. The number of carbonyl (C=O) groups excluding carboxylic acids is 4. The van der Waals surface area contributed by atoms with Crippen molar-refractivity contribution in [3.63, 3.8) is 0 Å². The number of Topliss-reactive ketones (excluding diaryl/α,β-unsaturated/α-hetero) is 2. The van der Waals surface area contributed by atoms with Gasteiger partial charge in [-0.05, 0) is 152 Å². The maximum atomic E-state index is 14.0. The number of hydrogen-bond acceptors (Lipinski definition) is 10. The predicted octanol–water partition coefficient (Wildman–Crippen LogP) is 13.7. The molecule has 2 fully saturated rings. The molecule has 0 spiro atoms. The lowest BCUT2D eigenvalue weighted by molar-refractivity contribution is 0.0504. The Balaban J connectivity index is 0.889. The lowest BCUT2D eigenvalue weighted by Crippen LogP contribution is -2.21. The van der Waals surface area contributed by atoms with Crippen LogP contribution in [0.5, 0.6) is 0 Å². The Morgan fingerprint density at radius 1 is 0.431 bits per heavy atom. The Bertz CT molecular complexity index is 2610. The van der Waals surface area contributed by atoms with Crippen molar-refractivity contribution in [1.29, 1.82) is 0 Å². The zero-order chi connectivity index (χ0) is 44.8. The SMILES string of the molecule is O=C(ON=C(CC1CCCCC1)C(=O)c1ccc(Sc2ccc(C3CCC(CC(=NOC(=O)c4ccccc4)C(=O)c4ccc(Sc5ccccc5)cc4)C3)cc2)cc1)c1ccccc1. The van der Waals surface area contributed by atoms with Gasteiger partial charge in [-0.25, -0.2) is 9.59 Å². The Hall–Kier alpha value is -6.36. The molecule has 328 valence electrons. The highest BCUT2D eigenvalue weighted by atomic mass is 32.2. The first-order chi connectivity index (χ1) is 31.8. The molecule has 0 amide bonds. The third-order valence-corrected chi connectivity index (χ3v) is 14.1. The van der Waals surface area contributed by atoms with Gasteiger partial charge in [-0.3, -0.25) is 9.59 Å². The molecule has 0 N–H and O–H groups in total. The van der Waals surface area contributed by atoms with Crippen LogP contribution in [0.1, 0.15) is 117 Å². The van der Waals surface area contributed by atoms with Crippen LogP contribution in [-0.2, 0) is 9.68 Å². The molecule has 6 aromatic carbocycles. The molecule has 8 rings (SSSR count). The lowest BCUT2D eigenvalue weighted by Gasteiger charge is -2.21. The monoisotopic (exact) mass is 898 g/mol. The largest absolute Gasteiger partial charge is 0.365 e. The molecular formula is C55H50N2O6S2. The van der Waals surface area contributed by atoms with Crippen LogP contribution >= 0.6 is 23.5 Å². The second-order valence-electron chi connectivity index (χ2n) is 16.6. The van der Waals surface area contributed by atoms with Crippen LogP contribution in [0.4, 0.5) is 0 Å². The predicted molar refractivity (Wildman–Crippen MR) is 257 cm³/mol. The molecular weight excluding hydrogens is 849 g/mol. The summed E-state index contributed by atoms with van der Waals surface area (Å²) in [5.41, 5.74) is 3.50. The molecule has 0 bridgehead atoms. The van der Waals surface area contributed by atoms with Crippen LogP contribution in [0.2, 0.25) is 0 Å². The number of rotatable bonds is 17. The van der Waals surface area contributed by atoms with Crippen LogP contribution in [-0.4, -0.2) is 34.9 Å². The first kappa shape index (κ1) is 45.2. The van der Waals surface area contributed by atoms with Gasteiger partial charge < -0.3 is 9.68 Å². The molecule has 0 saturated heterocycles. The molecule has 8 nitrogen and oxygen atoms in total. The molecule has 0 aromatic heterocycles. The molecule has 65 heavy (non-hydrogen) atoms. The normalized spacial score (nSPS) is 16.7. The van der Waals surface area contributed by atoms with Crippen molar-refractivity contribution in [2.75, 3.05) is 0 Å². The molecule has 0 heterocycles. The Morgan fingerprint density at radius 2 is 0.846 bits per heavy atom. The van der Waals surface area contributed by atoms with E-state index in [1.165, 1.54) is 12.0 Å². The molecule has 0 radical (unpaired) electrons. The van der Waals surface area contributed by atoms with Crippen LogP contribution in [0.3, 0.4) is 0 Å². The molecule has 2 aliphatic rings. The van der Waals surface area contributed by atoms with Crippen molar-refractivity contribution in [3.8, 4) is 0 Å². The van der Waals surface area contributed by atoms with Gasteiger partial charge in [0.15, 0.2) is 0 Å². The van der Waals surface area contributed by atoms with Gasteiger partial charge in [-0.15, -0.1) is 0 Å². The summed E-state index contributed by atoms with van der Waals surface area (Å²) in [5, 5.41) is 8.37. The standard InChI is InChI=1S/C55H50N2O6S2/c58-52(50(36-38-13-5-1-6-14-38)56-62-54(60)43-15-7-2-8-16-43)41-27-33-49(34-28-41)65-47-29-23-40(24-30-47)45-22-21-39(35-45)37-51(57-63-55(61)44-17-9-3-10-18-44)53(59)42-25-31-48(32-26-42)64-46-19-11-4-12-20-46/h2-4,7-12,15-20,23-34,38-39,45H,1,5-6,13-14,21-22,35-37H2. The summed E-state index contributed by atoms with van der Waals surface area (Å²) in [4.78, 5) is 68.2. The van der Waals surface area contributed by atoms with E-state index in [-0.39, 0.29) is 28.9 Å². The van der Waals surface area contributed by atoms with Crippen LogP contribution in [0.15, 0.2) is 194 Å². The summed E-state index contributed by atoms with van der Waals surface area (Å²) < 4.78 is 0. The smallest absolute Gasteiger partial charge is 0.312 e. The Kier molecular flexibility index (Phi) is 15.7. The van der Waals surface area contributed by atoms with Crippen molar-refractivity contribution >= 4 is 58.5 Å². The van der Waals surface area contributed by atoms with Crippen molar-refractivity contribution in [2.24, 2.45) is 22.1 Å². The molecule has 0 aliphatic heterocycles. The summed E-state index contributed by atoms with van der Waals surface area (Å²) in [6, 6.07) is 51.0. The zero-order valence-corrected chi connectivity index (χ0v) is 37.7. The van der Waals surface area contributed by atoms with E-state index < -0.39 is 11.9 Å². The highest BCUT2D eigenvalue weighted by Crippen LogP contribution is 2.41. The highest BCUT2D eigenvalue weighted by molar-refractivity contribution is 7.99. The third-order valence-electron chi connectivity index (χ3n) is 12.0. The van der Waals surface area contributed by atoms with E-state index in [0.29, 0.717) is 46.9 Å². The molecule has 6 aromatic rings. The van der Waals surface area contributed by atoms with E-state index in [4.69, 9.17) is 9.68 Å². The maximum Gasteiger partial charge on any atom is 0.365 e. The van der Waals surface area contributed by atoms with Gasteiger partial charge in [0.25, 0.3) is 0 Å². The number of hydrogen-bond donors (Lipinski definition) is 0. The number of oxime groups is 2. The fourth-order valence-corrected chi connectivity index (χ4v) is 10.2. The van der Waals surface area contributed by atoms with Crippen LogP contribution in [0.25, 0.3) is 0 Å². The summed E-state index contributed by atoms with van der Waals surface area (Å²) in [6.07, 6.45) is 9.17. The third kappa shape index (κ3) is 12.7. The number of benzene rings is 6. The van der Waals surface area contributed by atoms with Gasteiger partial charge in [0.2, 0.25) is 11.6 Å². The van der Waals surface area contributed by atoms with Gasteiger partial charge in [-0.1, -0.05) is 133 Å². The summed E-state index contributed by atoms with van der Waals surface area (Å²) in [6.45, 7) is 0. The first-order valence-corrected chi connectivity index (χ1v) is 23.9. The minimum absolute atomic E-state index is 0.186. The molecule has 2 atom stereocenters. The van der Waals surface area contributed by atoms with Crippen molar-refractivity contribution in [2.45, 2.75) is 89.7 Å². The van der Waals surface area contributed by atoms with Crippen LogP contribution in [0, 0.1) is 11.8 Å². The fourth-order valence-electron chi connectivity index (χ4n) is 8.54. The van der Waals surface area contributed by atoms with Crippen LogP contribution < -0.4 is 0 Å². The Morgan fingerprint density at radius 3 is 1.32 bits per heavy atom. The summed E-state index contributed by atoms with van der Waals surface area (Å²) >= 11 is 3.24. The topological polar surface area (TPSA) is 111 Å². The average molecular weight is 899 g/mol. The molecule has 10 heteroatoms. The number of nitrogens with zero attached hydrogens (tertiary/aromatic N) is 2. The first-order valence-electron chi connectivity index (χ1n) is 22.3. The lowest BCUT2D eigenvalue weighted by atomic mass is 9.84. The van der Waals surface area contributed by atoms with Gasteiger partial charge in [0, 0.05) is 30.7 Å². The fraction of sp³-hybridized carbons (Fsp3) is 0.236. The van der Waals surface area contributed by atoms with Gasteiger partial charge in [-0.2, -0.15) is 0 Å². The van der Waals surface area contributed by atoms with Crippen molar-refractivity contribution in [1.82, 2.24) is 0 Å². The molecule has 2 saturated carbocycles. The number of ketones is 2. The Labute approximate surface area is 388 Å². The molecule has 2 aliphatic carbocycles. The maximum absolute atomic E-state index is 14.0. The van der Waals surface area contributed by atoms with E-state index in [2.05, 4.69) is 34.6 Å². The summed E-state index contributed by atoms with van der Waals surface area (Å²) in [5.74, 6) is -0.831. The van der Waals surface area contributed by atoms with E-state index in [0.717, 1.165) is 64.5 Å². The van der Waals surface area contributed by atoms with E-state index in [1.807, 2.05) is 91.0 Å². The van der Waals surface area contributed by atoms with Gasteiger partial charge >= 0.3 is 11.9 Å². The highest BCUT2D eigenvalue weighted by Gasteiger charge is 2.30. The zero-order valence-electron chi connectivity index (χ0n) is 36.1. The quantitative estimate of drug-likeness (QED) is 0.0385. The van der Waals surface area contributed by atoms with Crippen molar-refractivity contribution in [3.05, 3.63) is 192 Å². The molecule has 2 unspecified atom stereocenters. The van der Waals surface area contributed by atoms with E-state index in [1.54, 1.807) is 72.1 Å². The second-order valence-corrected chi connectivity index (χ2v) is 18.9. The van der Waals surface area contributed by atoms with E-state index in [9.17, 15) is 19.2 Å². The second kappa shape index (κ2) is 22.5. The van der Waals surface area contributed by atoms with Gasteiger partial charge in [0.05, 0.1) is 11.1 Å². The van der Waals surface area contributed by atoms with Crippen molar-refractivity contribution < 1.29 is 28.9 Å². The van der Waals surface area contributed by atoms with E-state index >= 15 is 0 Å². The number of carbonyl (C=O) groups is 4.